The first-order valence-electron chi connectivity index (χ1n) is 5.13. The molecule has 1 saturated carbocycles. The van der Waals surface area contributed by atoms with Crippen molar-refractivity contribution in [3.8, 4) is 0 Å². The summed E-state index contributed by atoms with van der Waals surface area (Å²) in [5.41, 5.74) is 0. The van der Waals surface area contributed by atoms with E-state index in [9.17, 15) is 4.79 Å². The van der Waals surface area contributed by atoms with Gasteiger partial charge in [0, 0.05) is 6.08 Å². The highest BCUT2D eigenvalue weighted by Gasteiger charge is 2.24. The number of carboxylic acid groups (broad SMARTS) is 1. The standard InChI is InChI=1S/C9H14O2.C2H6/c1-2-7-5-8(6-7)3-4-9(10)11;1-2/h3-4,7-8H,2,5-6H2,1H3,(H,10,11);1-2H3/b4-3+;. The summed E-state index contributed by atoms with van der Waals surface area (Å²) < 4.78 is 0. The molecule has 0 heterocycles. The van der Waals surface area contributed by atoms with Crippen LogP contribution in [0.1, 0.15) is 40.0 Å². The van der Waals surface area contributed by atoms with Crippen molar-refractivity contribution in [3.63, 3.8) is 0 Å². The zero-order valence-electron chi connectivity index (χ0n) is 8.79. The van der Waals surface area contributed by atoms with Crippen molar-refractivity contribution in [3.05, 3.63) is 12.2 Å². The molecule has 2 heteroatoms. The van der Waals surface area contributed by atoms with E-state index in [2.05, 4.69) is 6.92 Å². The van der Waals surface area contributed by atoms with Crippen LogP contribution >= 0.6 is 0 Å². The van der Waals surface area contributed by atoms with Crippen molar-refractivity contribution in [2.45, 2.75) is 40.0 Å². The molecule has 1 fully saturated rings. The lowest BCUT2D eigenvalue weighted by Crippen LogP contribution is -2.21. The van der Waals surface area contributed by atoms with E-state index in [0.717, 1.165) is 5.92 Å². The van der Waals surface area contributed by atoms with Crippen LogP contribution in [0.3, 0.4) is 0 Å². The molecular weight excluding hydrogens is 164 g/mol. The molecule has 0 unspecified atom stereocenters. The summed E-state index contributed by atoms with van der Waals surface area (Å²) in [5.74, 6) is 0.555. The van der Waals surface area contributed by atoms with Crippen molar-refractivity contribution in [1.29, 1.82) is 0 Å². The Morgan fingerprint density at radius 3 is 2.38 bits per heavy atom. The van der Waals surface area contributed by atoms with Gasteiger partial charge in [-0.15, -0.1) is 0 Å². The van der Waals surface area contributed by atoms with Gasteiger partial charge in [-0.2, -0.15) is 0 Å². The van der Waals surface area contributed by atoms with E-state index in [4.69, 9.17) is 5.11 Å². The summed E-state index contributed by atoms with van der Waals surface area (Å²) in [6.07, 6.45) is 6.67. The van der Waals surface area contributed by atoms with Crippen LogP contribution < -0.4 is 0 Å². The van der Waals surface area contributed by atoms with Gasteiger partial charge in [-0.3, -0.25) is 0 Å². The summed E-state index contributed by atoms with van der Waals surface area (Å²) in [5, 5.41) is 8.32. The molecule has 0 atom stereocenters. The number of hydrogen-bond donors (Lipinski definition) is 1. The van der Waals surface area contributed by atoms with Gasteiger partial charge >= 0.3 is 5.97 Å². The summed E-state index contributed by atoms with van der Waals surface area (Å²) in [4.78, 5) is 10.1. The Hall–Kier alpha value is -0.790. The maximum absolute atomic E-state index is 10.1. The second-order valence-electron chi connectivity index (χ2n) is 3.20. The normalized spacial score (nSPS) is 26.1. The molecule has 0 radical (unpaired) electrons. The molecule has 13 heavy (non-hydrogen) atoms. The molecule has 1 aliphatic carbocycles. The summed E-state index contributed by atoms with van der Waals surface area (Å²) in [6.45, 7) is 6.18. The zero-order valence-corrected chi connectivity index (χ0v) is 8.79. The fourth-order valence-electron chi connectivity index (χ4n) is 1.50. The van der Waals surface area contributed by atoms with E-state index in [1.54, 1.807) is 0 Å². The average Bonchev–Trinajstić information content (AvgIpc) is 2.05. The second-order valence-corrected chi connectivity index (χ2v) is 3.20. The van der Waals surface area contributed by atoms with Crippen molar-refractivity contribution < 1.29 is 9.90 Å². The van der Waals surface area contributed by atoms with Gasteiger partial charge in [-0.05, 0) is 24.7 Å². The highest BCUT2D eigenvalue weighted by molar-refractivity contribution is 5.79. The third-order valence-electron chi connectivity index (χ3n) is 2.36. The van der Waals surface area contributed by atoms with Crippen molar-refractivity contribution in [1.82, 2.24) is 0 Å². The average molecular weight is 184 g/mol. The van der Waals surface area contributed by atoms with Gasteiger partial charge < -0.3 is 5.11 Å². The van der Waals surface area contributed by atoms with Crippen LogP contribution in [-0.4, -0.2) is 11.1 Å². The first kappa shape index (κ1) is 12.2. The van der Waals surface area contributed by atoms with Crippen LogP contribution in [0, 0.1) is 11.8 Å². The van der Waals surface area contributed by atoms with E-state index in [-0.39, 0.29) is 0 Å². The molecule has 0 bridgehead atoms. The third-order valence-corrected chi connectivity index (χ3v) is 2.36. The van der Waals surface area contributed by atoms with Crippen LogP contribution in [0.25, 0.3) is 0 Å². The Bertz CT molecular complexity index is 167. The SMILES string of the molecule is CC.CCC1CC(/C=C/C(=O)O)C1. The van der Waals surface area contributed by atoms with E-state index < -0.39 is 5.97 Å². The third kappa shape index (κ3) is 4.71. The number of allylic oxidation sites excluding steroid dienone is 1. The number of carbonyl (C=O) groups is 1. The molecule has 1 aliphatic rings. The summed E-state index contributed by atoms with van der Waals surface area (Å²) in [7, 11) is 0. The van der Waals surface area contributed by atoms with Crippen LogP contribution in [-0.2, 0) is 4.79 Å². The van der Waals surface area contributed by atoms with Gasteiger partial charge in [0.05, 0.1) is 0 Å². The molecule has 0 aromatic rings. The molecular formula is C11H20O2. The first-order valence-corrected chi connectivity index (χ1v) is 5.13. The summed E-state index contributed by atoms with van der Waals surface area (Å²) >= 11 is 0. The maximum Gasteiger partial charge on any atom is 0.327 e. The zero-order chi connectivity index (χ0) is 10.3. The Balaban J connectivity index is 0.000000671. The van der Waals surface area contributed by atoms with Crippen LogP contribution in [0.2, 0.25) is 0 Å². The van der Waals surface area contributed by atoms with E-state index in [1.807, 2.05) is 19.9 Å². The monoisotopic (exact) mass is 184 g/mol. The number of hydrogen-bond acceptors (Lipinski definition) is 1. The first-order chi connectivity index (χ1) is 6.22. The lowest BCUT2D eigenvalue weighted by Gasteiger charge is -2.32. The van der Waals surface area contributed by atoms with E-state index in [0.29, 0.717) is 5.92 Å². The highest BCUT2D eigenvalue weighted by atomic mass is 16.4. The quantitative estimate of drug-likeness (QED) is 0.684. The lowest BCUT2D eigenvalue weighted by molar-refractivity contribution is -0.131. The minimum atomic E-state index is -0.829. The molecule has 0 aromatic carbocycles. The van der Waals surface area contributed by atoms with Gasteiger partial charge in [0.15, 0.2) is 0 Å². The van der Waals surface area contributed by atoms with Crippen molar-refractivity contribution in [2.24, 2.45) is 11.8 Å². The van der Waals surface area contributed by atoms with Crippen molar-refractivity contribution in [2.75, 3.05) is 0 Å². The Kier molecular flexibility index (Phi) is 6.29. The maximum atomic E-state index is 10.1. The van der Waals surface area contributed by atoms with Crippen molar-refractivity contribution >= 4 is 5.97 Å². The minimum Gasteiger partial charge on any atom is -0.478 e. The smallest absolute Gasteiger partial charge is 0.327 e. The predicted molar refractivity (Wildman–Crippen MR) is 54.6 cm³/mol. The van der Waals surface area contributed by atoms with Gasteiger partial charge in [0.1, 0.15) is 0 Å². The van der Waals surface area contributed by atoms with Crippen LogP contribution in [0.5, 0.6) is 0 Å². The number of carboxylic acids is 1. The summed E-state index contributed by atoms with van der Waals surface area (Å²) in [6, 6.07) is 0. The van der Waals surface area contributed by atoms with Gasteiger partial charge in [-0.1, -0.05) is 33.3 Å². The molecule has 76 valence electrons. The Morgan fingerprint density at radius 1 is 1.46 bits per heavy atom. The highest BCUT2D eigenvalue weighted by Crippen LogP contribution is 2.36. The number of rotatable bonds is 3. The van der Waals surface area contributed by atoms with Crippen LogP contribution in [0.15, 0.2) is 12.2 Å². The Morgan fingerprint density at radius 2 is 2.00 bits per heavy atom. The number of aliphatic carboxylic acids is 1. The van der Waals surface area contributed by atoms with E-state index in [1.165, 1.54) is 25.3 Å². The van der Waals surface area contributed by atoms with Gasteiger partial charge in [0.2, 0.25) is 0 Å². The lowest BCUT2D eigenvalue weighted by atomic mass is 9.73. The molecule has 0 aromatic heterocycles. The molecule has 0 amide bonds. The Labute approximate surface area is 80.7 Å². The molecule has 2 nitrogen and oxygen atoms in total. The topological polar surface area (TPSA) is 37.3 Å². The molecule has 0 saturated heterocycles. The van der Waals surface area contributed by atoms with E-state index >= 15 is 0 Å². The fraction of sp³-hybridized carbons (Fsp3) is 0.727. The molecule has 1 rings (SSSR count). The molecule has 0 spiro atoms. The minimum absolute atomic E-state index is 0.538. The second kappa shape index (κ2) is 6.70. The van der Waals surface area contributed by atoms with Gasteiger partial charge in [0.25, 0.3) is 0 Å². The largest absolute Gasteiger partial charge is 0.478 e. The van der Waals surface area contributed by atoms with Crippen LogP contribution in [0.4, 0.5) is 0 Å². The molecule has 1 N–H and O–H groups in total. The molecule has 0 aliphatic heterocycles. The fourth-order valence-corrected chi connectivity index (χ4v) is 1.50. The predicted octanol–water partition coefficient (Wildman–Crippen LogP) is 3.09. The van der Waals surface area contributed by atoms with Gasteiger partial charge in [-0.25, -0.2) is 4.79 Å².